The predicted molar refractivity (Wildman–Crippen MR) is 74.3 cm³/mol. The first-order valence-corrected chi connectivity index (χ1v) is 6.74. The highest BCUT2D eigenvalue weighted by atomic mass is 16.5. The number of ether oxygens (including phenoxy) is 2. The summed E-state index contributed by atoms with van der Waals surface area (Å²) in [5.41, 5.74) is 4.88. The summed E-state index contributed by atoms with van der Waals surface area (Å²) < 4.78 is 10.4. The van der Waals surface area contributed by atoms with Gasteiger partial charge in [-0.2, -0.15) is 0 Å². The Labute approximate surface area is 127 Å². The van der Waals surface area contributed by atoms with Crippen molar-refractivity contribution in [3.05, 3.63) is 12.2 Å². The zero-order valence-corrected chi connectivity index (χ0v) is 12.1. The van der Waals surface area contributed by atoms with Gasteiger partial charge in [-0.1, -0.05) is 0 Å². The molecule has 0 aliphatic carbocycles. The smallest absolute Gasteiger partial charge is 0.253 e. The van der Waals surface area contributed by atoms with Crippen LogP contribution in [-0.2, 0) is 28.7 Å². The van der Waals surface area contributed by atoms with E-state index in [-0.39, 0.29) is 63.7 Å². The average molecular weight is 313 g/mol. The van der Waals surface area contributed by atoms with Crippen molar-refractivity contribution in [2.24, 2.45) is 5.73 Å². The third-order valence-corrected chi connectivity index (χ3v) is 2.67. The number of nitrogens with two attached hydrogens (primary N) is 1. The number of nitrogens with one attached hydrogen (secondary N) is 1. The zero-order valence-electron chi connectivity index (χ0n) is 12.1. The van der Waals surface area contributed by atoms with E-state index in [1.54, 1.807) is 0 Å². The molecular weight excluding hydrogens is 294 g/mol. The van der Waals surface area contributed by atoms with Gasteiger partial charge in [0.25, 0.3) is 11.8 Å². The fourth-order valence-electron chi connectivity index (χ4n) is 1.57. The van der Waals surface area contributed by atoms with E-state index >= 15 is 0 Å². The Kier molecular flexibility index (Phi) is 7.79. The maximum absolute atomic E-state index is 11.2. The Morgan fingerprint density at radius 1 is 1.05 bits per heavy atom. The third-order valence-electron chi connectivity index (χ3n) is 2.67. The van der Waals surface area contributed by atoms with Gasteiger partial charge in [-0.05, 0) is 0 Å². The van der Waals surface area contributed by atoms with Crippen LogP contribution in [0.3, 0.4) is 0 Å². The van der Waals surface area contributed by atoms with Crippen LogP contribution in [0.4, 0.5) is 0 Å². The molecule has 9 heteroatoms. The molecule has 0 aromatic rings. The second-order valence-corrected chi connectivity index (χ2v) is 4.38. The molecule has 0 aromatic heterocycles. The summed E-state index contributed by atoms with van der Waals surface area (Å²) in [7, 11) is 0. The molecule has 0 aromatic carbocycles. The molecule has 3 N–H and O–H groups in total. The average Bonchev–Trinajstić information content (AvgIpc) is 2.79. The molecule has 1 aliphatic rings. The number of hydrogen-bond donors (Lipinski definition) is 2. The maximum Gasteiger partial charge on any atom is 0.253 e. The van der Waals surface area contributed by atoms with E-state index in [9.17, 15) is 19.2 Å². The highest BCUT2D eigenvalue weighted by Gasteiger charge is 2.22. The minimum absolute atomic E-state index is 0.121. The molecule has 1 heterocycles. The van der Waals surface area contributed by atoms with Crippen molar-refractivity contribution < 1.29 is 28.7 Å². The standard InChI is InChI=1S/C13H19N3O6/c14-10(17)9-15-11(18)3-5-21-7-8-22-6-4-16-12(19)1-2-13(16)20/h1-2H,3-9H2,(H2,14,17)(H,15,18). The number of nitrogens with zero attached hydrogens (tertiary/aromatic N) is 1. The summed E-state index contributed by atoms with van der Waals surface area (Å²) in [5, 5.41) is 2.33. The molecule has 0 bridgehead atoms. The number of rotatable bonds is 11. The lowest BCUT2D eigenvalue weighted by molar-refractivity contribution is -0.137. The Balaban J connectivity index is 1.92. The van der Waals surface area contributed by atoms with Crippen molar-refractivity contribution in [1.82, 2.24) is 10.2 Å². The van der Waals surface area contributed by atoms with Crippen LogP contribution < -0.4 is 11.1 Å². The molecule has 4 amide bonds. The summed E-state index contributed by atoms with van der Waals surface area (Å²) in [5.74, 6) is -1.61. The quantitative estimate of drug-likeness (QED) is 0.333. The molecule has 0 saturated carbocycles. The fraction of sp³-hybridized carbons (Fsp3) is 0.538. The van der Waals surface area contributed by atoms with Gasteiger partial charge in [-0.15, -0.1) is 0 Å². The van der Waals surface area contributed by atoms with Crippen LogP contribution in [0.15, 0.2) is 12.2 Å². The van der Waals surface area contributed by atoms with E-state index in [1.165, 1.54) is 12.2 Å². The normalized spacial score (nSPS) is 13.7. The Morgan fingerprint density at radius 2 is 1.64 bits per heavy atom. The van der Waals surface area contributed by atoms with Crippen LogP contribution in [-0.4, -0.2) is 68.0 Å². The third kappa shape index (κ3) is 6.95. The lowest BCUT2D eigenvalue weighted by Gasteiger charge is -2.13. The highest BCUT2D eigenvalue weighted by molar-refractivity contribution is 6.12. The molecule has 122 valence electrons. The van der Waals surface area contributed by atoms with Gasteiger partial charge in [-0.25, -0.2) is 0 Å². The van der Waals surface area contributed by atoms with Crippen molar-refractivity contribution in [2.45, 2.75) is 6.42 Å². The van der Waals surface area contributed by atoms with Gasteiger partial charge in [0.15, 0.2) is 0 Å². The van der Waals surface area contributed by atoms with E-state index in [0.29, 0.717) is 0 Å². The first-order valence-electron chi connectivity index (χ1n) is 6.74. The van der Waals surface area contributed by atoms with Gasteiger partial charge in [0.2, 0.25) is 11.8 Å². The van der Waals surface area contributed by atoms with E-state index in [1.807, 2.05) is 0 Å². The largest absolute Gasteiger partial charge is 0.379 e. The van der Waals surface area contributed by atoms with Gasteiger partial charge in [-0.3, -0.25) is 24.1 Å². The Hall–Kier alpha value is -2.26. The molecule has 1 aliphatic heterocycles. The summed E-state index contributed by atoms with van der Waals surface area (Å²) in [4.78, 5) is 45.1. The lowest BCUT2D eigenvalue weighted by Crippen LogP contribution is -2.34. The van der Waals surface area contributed by atoms with Gasteiger partial charge in [0, 0.05) is 18.6 Å². The summed E-state index contributed by atoms with van der Waals surface area (Å²) in [6.45, 7) is 0.989. The molecule has 0 saturated heterocycles. The topological polar surface area (TPSA) is 128 Å². The molecular formula is C13H19N3O6. The summed E-state index contributed by atoms with van der Waals surface area (Å²) in [6.07, 6.45) is 2.55. The predicted octanol–water partition coefficient (Wildman–Crippen LogP) is -2.06. The Morgan fingerprint density at radius 3 is 2.23 bits per heavy atom. The van der Waals surface area contributed by atoms with E-state index in [4.69, 9.17) is 15.2 Å². The fourth-order valence-corrected chi connectivity index (χ4v) is 1.57. The van der Waals surface area contributed by atoms with Crippen LogP contribution in [0.2, 0.25) is 0 Å². The number of amides is 4. The highest BCUT2D eigenvalue weighted by Crippen LogP contribution is 2.02. The van der Waals surface area contributed by atoms with Crippen LogP contribution >= 0.6 is 0 Å². The van der Waals surface area contributed by atoms with Gasteiger partial charge in [0.1, 0.15) is 0 Å². The number of imide groups is 1. The van der Waals surface area contributed by atoms with Crippen molar-refractivity contribution in [1.29, 1.82) is 0 Å². The molecule has 0 atom stereocenters. The Bertz CT molecular complexity index is 445. The molecule has 9 nitrogen and oxygen atoms in total. The van der Waals surface area contributed by atoms with Gasteiger partial charge >= 0.3 is 0 Å². The minimum Gasteiger partial charge on any atom is -0.379 e. The zero-order chi connectivity index (χ0) is 16.4. The molecule has 0 fully saturated rings. The number of primary amides is 1. The molecule has 1 rings (SSSR count). The minimum atomic E-state index is -0.604. The van der Waals surface area contributed by atoms with Crippen LogP contribution in [0.25, 0.3) is 0 Å². The first kappa shape index (κ1) is 17.8. The number of hydrogen-bond acceptors (Lipinski definition) is 6. The van der Waals surface area contributed by atoms with E-state index in [0.717, 1.165) is 4.90 Å². The second kappa shape index (κ2) is 9.64. The maximum atomic E-state index is 11.2. The van der Waals surface area contributed by atoms with Crippen LogP contribution in [0.5, 0.6) is 0 Å². The monoisotopic (exact) mass is 313 g/mol. The molecule has 0 radical (unpaired) electrons. The van der Waals surface area contributed by atoms with Crippen LogP contribution in [0.1, 0.15) is 6.42 Å². The number of carbonyl (C=O) groups is 4. The van der Waals surface area contributed by atoms with E-state index in [2.05, 4.69) is 5.32 Å². The summed E-state index contributed by atoms with van der Waals surface area (Å²) >= 11 is 0. The number of carbonyl (C=O) groups excluding carboxylic acids is 4. The molecule has 0 spiro atoms. The van der Waals surface area contributed by atoms with Gasteiger partial charge in [0.05, 0.1) is 39.5 Å². The van der Waals surface area contributed by atoms with Crippen LogP contribution in [0, 0.1) is 0 Å². The van der Waals surface area contributed by atoms with Crippen molar-refractivity contribution >= 4 is 23.6 Å². The van der Waals surface area contributed by atoms with Crippen molar-refractivity contribution in [3.63, 3.8) is 0 Å². The van der Waals surface area contributed by atoms with Gasteiger partial charge < -0.3 is 20.5 Å². The molecule has 0 unspecified atom stereocenters. The summed E-state index contributed by atoms with van der Waals surface area (Å²) in [6, 6.07) is 0. The lowest BCUT2D eigenvalue weighted by atomic mass is 10.4. The van der Waals surface area contributed by atoms with Crippen molar-refractivity contribution in [2.75, 3.05) is 39.5 Å². The SMILES string of the molecule is NC(=O)CNC(=O)CCOCCOCCN1C(=O)C=CC1=O. The van der Waals surface area contributed by atoms with Crippen molar-refractivity contribution in [3.8, 4) is 0 Å². The molecule has 22 heavy (non-hydrogen) atoms. The first-order chi connectivity index (χ1) is 10.5. The second-order valence-electron chi connectivity index (χ2n) is 4.38. The van der Waals surface area contributed by atoms with E-state index < -0.39 is 5.91 Å².